The molecule has 3 N–H and O–H groups in total. The van der Waals surface area contributed by atoms with Gasteiger partial charge in [0.15, 0.2) is 5.54 Å². The maximum atomic E-state index is 12.1. The van der Waals surface area contributed by atoms with E-state index in [1.165, 1.54) is 0 Å². The average Bonchev–Trinajstić information content (AvgIpc) is 2.88. The molecule has 1 aliphatic heterocycles. The molecule has 1 fully saturated rings. The summed E-state index contributed by atoms with van der Waals surface area (Å²) in [4.78, 5) is 23.5. The van der Waals surface area contributed by atoms with Crippen LogP contribution in [0.5, 0.6) is 0 Å². The van der Waals surface area contributed by atoms with Crippen LogP contribution < -0.4 is 10.6 Å². The SMILES string of the molecule is CC(C)c1ccccc1NC(=O)NC1(C(=O)O)CCOC1. The number of carbonyl (C=O) groups is 2. The van der Waals surface area contributed by atoms with Gasteiger partial charge in [-0.2, -0.15) is 0 Å². The number of nitrogens with one attached hydrogen (secondary N) is 2. The molecule has 0 bridgehead atoms. The number of urea groups is 1. The number of amides is 2. The van der Waals surface area contributed by atoms with E-state index < -0.39 is 17.5 Å². The minimum absolute atomic E-state index is 0.0123. The first kappa shape index (κ1) is 15.3. The molecule has 6 heteroatoms. The predicted octanol–water partition coefficient (Wildman–Crippen LogP) is 2.18. The van der Waals surface area contributed by atoms with Crippen molar-refractivity contribution in [2.75, 3.05) is 18.5 Å². The lowest BCUT2D eigenvalue weighted by Crippen LogP contribution is -2.56. The number of para-hydroxylation sites is 1. The van der Waals surface area contributed by atoms with Crippen LogP contribution in [0.2, 0.25) is 0 Å². The fourth-order valence-corrected chi connectivity index (χ4v) is 2.37. The summed E-state index contributed by atoms with van der Waals surface area (Å²) >= 11 is 0. The maximum Gasteiger partial charge on any atom is 0.332 e. The van der Waals surface area contributed by atoms with Crippen LogP contribution in [0.4, 0.5) is 10.5 Å². The zero-order chi connectivity index (χ0) is 15.5. The van der Waals surface area contributed by atoms with Crippen molar-refractivity contribution in [1.82, 2.24) is 5.32 Å². The van der Waals surface area contributed by atoms with Gasteiger partial charge in [0.25, 0.3) is 0 Å². The highest BCUT2D eigenvalue weighted by Gasteiger charge is 2.44. The van der Waals surface area contributed by atoms with Gasteiger partial charge in [-0.3, -0.25) is 0 Å². The van der Waals surface area contributed by atoms with Crippen molar-refractivity contribution in [3.8, 4) is 0 Å². The van der Waals surface area contributed by atoms with Crippen molar-refractivity contribution in [2.45, 2.75) is 31.7 Å². The molecule has 1 heterocycles. The lowest BCUT2D eigenvalue weighted by atomic mass is 9.99. The van der Waals surface area contributed by atoms with Crippen LogP contribution >= 0.6 is 0 Å². The summed E-state index contributed by atoms with van der Waals surface area (Å²) in [6.45, 7) is 4.38. The molecule has 2 rings (SSSR count). The van der Waals surface area contributed by atoms with E-state index in [2.05, 4.69) is 10.6 Å². The first-order valence-electron chi connectivity index (χ1n) is 6.94. The minimum Gasteiger partial charge on any atom is -0.479 e. The van der Waals surface area contributed by atoms with Crippen molar-refractivity contribution < 1.29 is 19.4 Å². The molecule has 1 atom stereocenters. The Bertz CT molecular complexity index is 536. The van der Waals surface area contributed by atoms with Crippen LogP contribution in [0.1, 0.15) is 31.7 Å². The average molecular weight is 292 g/mol. The minimum atomic E-state index is -1.34. The van der Waals surface area contributed by atoms with Crippen molar-refractivity contribution >= 4 is 17.7 Å². The van der Waals surface area contributed by atoms with E-state index in [9.17, 15) is 14.7 Å². The Morgan fingerprint density at radius 3 is 2.62 bits per heavy atom. The van der Waals surface area contributed by atoms with Gasteiger partial charge in [-0.25, -0.2) is 9.59 Å². The molecule has 0 aromatic heterocycles. The van der Waals surface area contributed by atoms with E-state index in [4.69, 9.17) is 4.74 Å². The van der Waals surface area contributed by atoms with Crippen LogP contribution in [0.25, 0.3) is 0 Å². The van der Waals surface area contributed by atoms with Crippen molar-refractivity contribution in [2.24, 2.45) is 0 Å². The number of carboxylic acids is 1. The number of rotatable bonds is 4. The molecule has 0 saturated carbocycles. The third-order valence-corrected chi connectivity index (χ3v) is 3.61. The predicted molar refractivity (Wildman–Crippen MR) is 78.5 cm³/mol. The molecule has 6 nitrogen and oxygen atoms in total. The number of hydrogen-bond acceptors (Lipinski definition) is 3. The summed E-state index contributed by atoms with van der Waals surface area (Å²) in [5, 5.41) is 14.6. The van der Waals surface area contributed by atoms with Gasteiger partial charge in [0.05, 0.1) is 6.61 Å². The lowest BCUT2D eigenvalue weighted by molar-refractivity contribution is -0.144. The van der Waals surface area contributed by atoms with Gasteiger partial charge in [0, 0.05) is 18.7 Å². The largest absolute Gasteiger partial charge is 0.479 e. The third kappa shape index (κ3) is 3.33. The molecular weight excluding hydrogens is 272 g/mol. The molecule has 1 aromatic rings. The van der Waals surface area contributed by atoms with Gasteiger partial charge in [-0.15, -0.1) is 0 Å². The monoisotopic (exact) mass is 292 g/mol. The maximum absolute atomic E-state index is 12.1. The lowest BCUT2D eigenvalue weighted by Gasteiger charge is -2.24. The molecule has 1 unspecified atom stereocenters. The fourth-order valence-electron chi connectivity index (χ4n) is 2.37. The van der Waals surface area contributed by atoms with E-state index in [0.717, 1.165) is 5.56 Å². The van der Waals surface area contributed by atoms with Crippen molar-refractivity contribution in [3.63, 3.8) is 0 Å². The second-order valence-electron chi connectivity index (χ2n) is 5.51. The zero-order valence-electron chi connectivity index (χ0n) is 12.2. The Balaban J connectivity index is 2.10. The molecule has 1 saturated heterocycles. The molecule has 2 amide bonds. The first-order valence-corrected chi connectivity index (χ1v) is 6.94. The van der Waals surface area contributed by atoms with Gasteiger partial charge in [0.1, 0.15) is 0 Å². The summed E-state index contributed by atoms with van der Waals surface area (Å²) < 4.78 is 5.11. The zero-order valence-corrected chi connectivity index (χ0v) is 12.2. The van der Waals surface area contributed by atoms with E-state index in [0.29, 0.717) is 12.3 Å². The molecule has 0 radical (unpaired) electrons. The molecular formula is C15H20N2O4. The Morgan fingerprint density at radius 1 is 1.33 bits per heavy atom. The van der Waals surface area contributed by atoms with Crippen LogP contribution in [0.3, 0.4) is 0 Å². The van der Waals surface area contributed by atoms with Gasteiger partial charge in [-0.1, -0.05) is 32.0 Å². The van der Waals surface area contributed by atoms with Gasteiger partial charge in [-0.05, 0) is 17.5 Å². The first-order chi connectivity index (χ1) is 9.94. The summed E-state index contributed by atoms with van der Waals surface area (Å²) in [6.07, 6.45) is 0.265. The summed E-state index contributed by atoms with van der Waals surface area (Å²) in [6, 6.07) is 6.94. The van der Waals surface area contributed by atoms with Crippen molar-refractivity contribution in [1.29, 1.82) is 0 Å². The highest BCUT2D eigenvalue weighted by molar-refractivity contribution is 5.94. The number of carboxylic acid groups (broad SMARTS) is 1. The number of ether oxygens (including phenoxy) is 1. The van der Waals surface area contributed by atoms with Crippen LogP contribution in [-0.4, -0.2) is 35.9 Å². The topological polar surface area (TPSA) is 87.7 Å². The third-order valence-electron chi connectivity index (χ3n) is 3.61. The molecule has 0 spiro atoms. The Morgan fingerprint density at radius 2 is 2.05 bits per heavy atom. The molecule has 1 aliphatic rings. The van der Waals surface area contributed by atoms with Crippen LogP contribution in [0.15, 0.2) is 24.3 Å². The fraction of sp³-hybridized carbons (Fsp3) is 0.467. The van der Waals surface area contributed by atoms with E-state index in [-0.39, 0.29) is 18.9 Å². The molecule has 21 heavy (non-hydrogen) atoms. The van der Waals surface area contributed by atoms with E-state index in [1.54, 1.807) is 6.07 Å². The van der Waals surface area contributed by atoms with E-state index in [1.807, 2.05) is 32.0 Å². The summed E-state index contributed by atoms with van der Waals surface area (Å²) in [5.41, 5.74) is 0.348. The summed E-state index contributed by atoms with van der Waals surface area (Å²) in [5.74, 6) is -0.822. The van der Waals surface area contributed by atoms with E-state index >= 15 is 0 Å². The number of carbonyl (C=O) groups excluding carboxylic acids is 1. The van der Waals surface area contributed by atoms with Gasteiger partial charge >= 0.3 is 12.0 Å². The van der Waals surface area contributed by atoms with Gasteiger partial charge in [0.2, 0.25) is 0 Å². The molecule has 114 valence electrons. The number of anilines is 1. The Kier molecular flexibility index (Phi) is 4.47. The Hall–Kier alpha value is -2.08. The highest BCUT2D eigenvalue weighted by Crippen LogP contribution is 2.24. The standard InChI is InChI=1S/C15H20N2O4/c1-10(2)11-5-3-4-6-12(11)16-14(20)17-15(13(18)19)7-8-21-9-15/h3-6,10H,7-9H2,1-2H3,(H,18,19)(H2,16,17,20). The quantitative estimate of drug-likeness (QED) is 0.793. The van der Waals surface area contributed by atoms with Gasteiger partial charge < -0.3 is 20.5 Å². The second-order valence-corrected chi connectivity index (χ2v) is 5.51. The second kappa shape index (κ2) is 6.13. The number of hydrogen-bond donors (Lipinski definition) is 3. The Labute approximate surface area is 123 Å². The van der Waals surface area contributed by atoms with Crippen LogP contribution in [0, 0.1) is 0 Å². The smallest absolute Gasteiger partial charge is 0.332 e. The summed E-state index contributed by atoms with van der Waals surface area (Å²) in [7, 11) is 0. The number of aliphatic carboxylic acids is 1. The number of benzene rings is 1. The molecule has 0 aliphatic carbocycles. The normalized spacial score (nSPS) is 21.3. The van der Waals surface area contributed by atoms with Crippen molar-refractivity contribution in [3.05, 3.63) is 29.8 Å². The highest BCUT2D eigenvalue weighted by atomic mass is 16.5. The molecule has 1 aromatic carbocycles. The van der Waals surface area contributed by atoms with Crippen LogP contribution in [-0.2, 0) is 9.53 Å².